The molecule has 22 rings (SSSR count). The van der Waals surface area contributed by atoms with Crippen LogP contribution in [0.2, 0.25) is 0 Å². The normalized spacial score (nSPS) is 13.4. The summed E-state index contributed by atoms with van der Waals surface area (Å²) < 4.78 is 47.7. The second-order valence-electron chi connectivity index (χ2n) is 38.4. The number of hydrogen-bond donors (Lipinski definition) is 0. The number of nitrogens with zero attached hydrogens (tertiary/aromatic N) is 6. The standard InChI is InChI=1S/C118H99BN6/c1-115(2,3)84-47-56-105-97(67-84)98-68-85(116(4,5)6)48-57-106(98)121(105)91-51-54-102-110(72-91)124(93-63-80(76-33-19-13-20-34-76)61-81(64-93)77-35-21-14-22-36-77)112-74-95(123-104-46-32-31-45-96(104)101-71-90(53-60-109(101)123)120(88-41-27-17-28-42-88)89-43-29-18-30-44-89)75-113-114(112)119(102)103-55-52-92(122-107-58-49-86(117(7,8)9)69-99(107)100-70-87(118(10,11)12)50-59-108(100)122)73-111(103)125(113)94-65-82(78-37-23-15-24-38-78)62-83(66-94)79-39-25-16-26-40-79/h13-75H,1-12H3/i31D,32D,45D,46D. The van der Waals surface area contributed by atoms with Crippen molar-refractivity contribution < 1.29 is 5.48 Å². The molecule has 604 valence electrons. The number of rotatable bonds is 12. The first-order chi connectivity index (χ1) is 62.2. The van der Waals surface area contributed by atoms with Gasteiger partial charge in [0.2, 0.25) is 0 Å². The van der Waals surface area contributed by atoms with Crippen molar-refractivity contribution >= 4 is 140 Å². The number of anilines is 9. The van der Waals surface area contributed by atoms with Crippen molar-refractivity contribution in [2.24, 2.45) is 0 Å². The molecule has 0 unspecified atom stereocenters. The number of para-hydroxylation sites is 3. The van der Waals surface area contributed by atoms with Crippen molar-refractivity contribution in [2.75, 3.05) is 14.7 Å². The number of fused-ring (bicyclic) bond motifs is 13. The topological polar surface area (TPSA) is 24.5 Å². The Bertz CT molecular complexity index is 7300. The SMILES string of the molecule is [2H]c1c([2H])c([2H])c2c(c1[2H])c1cc(N(c3ccccc3)c3ccccc3)ccc1n2-c1cc2c3c(c1)N(c1cc(-c4ccccc4)cc(-c4ccccc4)c1)c1cc(-n4c5ccc(C(C)(C)C)cc5c5cc(C(C)(C)C)ccc54)ccc1B3c1ccc(-n3c4ccc(C(C)(C)C)cc4c4cc(C(C)(C)C)ccc43)cc1N2c1cc(-c2ccccc2)cc(-c2ccccc2)c1. The Hall–Kier alpha value is -14.4. The molecule has 2 aliphatic rings. The van der Waals surface area contributed by atoms with E-state index < -0.39 is 6.71 Å². The minimum absolute atomic E-state index is 0.121. The van der Waals surface area contributed by atoms with Crippen molar-refractivity contribution in [1.82, 2.24) is 13.7 Å². The molecule has 5 heterocycles. The molecule has 3 aromatic heterocycles. The van der Waals surface area contributed by atoms with Gasteiger partial charge >= 0.3 is 0 Å². The first-order valence-electron chi connectivity index (χ1n) is 45.9. The van der Waals surface area contributed by atoms with Crippen LogP contribution in [0.4, 0.5) is 51.2 Å². The quantitative estimate of drug-likeness (QED) is 0.114. The summed E-state index contributed by atoms with van der Waals surface area (Å²) in [6, 6.07) is 131. The van der Waals surface area contributed by atoms with Gasteiger partial charge in [0.05, 0.1) is 44.3 Å². The predicted molar refractivity (Wildman–Crippen MR) is 535 cm³/mol. The molecule has 0 spiro atoms. The van der Waals surface area contributed by atoms with Gasteiger partial charge in [0.15, 0.2) is 0 Å². The highest BCUT2D eigenvalue weighted by Gasteiger charge is 2.45. The van der Waals surface area contributed by atoms with Crippen LogP contribution >= 0.6 is 0 Å². The molecule has 0 amide bonds. The first kappa shape index (κ1) is 72.3. The van der Waals surface area contributed by atoms with E-state index in [1.807, 2.05) is 12.1 Å². The fourth-order valence-corrected chi connectivity index (χ4v) is 19.8. The van der Waals surface area contributed by atoms with E-state index in [0.29, 0.717) is 27.5 Å². The van der Waals surface area contributed by atoms with Crippen LogP contribution in [0.1, 0.15) is 111 Å². The van der Waals surface area contributed by atoms with Crippen molar-refractivity contribution in [2.45, 2.75) is 105 Å². The van der Waals surface area contributed by atoms with E-state index >= 15 is 0 Å². The van der Waals surface area contributed by atoms with Gasteiger partial charge in [-0.3, -0.25) is 0 Å². The van der Waals surface area contributed by atoms with Gasteiger partial charge in [-0.1, -0.05) is 295 Å². The molecule has 17 aromatic carbocycles. The zero-order valence-corrected chi connectivity index (χ0v) is 72.8. The van der Waals surface area contributed by atoms with E-state index in [0.717, 1.165) is 146 Å². The van der Waals surface area contributed by atoms with E-state index in [4.69, 9.17) is 0 Å². The summed E-state index contributed by atoms with van der Waals surface area (Å²) in [6.07, 6.45) is 0. The maximum absolute atomic E-state index is 10.6. The largest absolute Gasteiger partial charge is 0.311 e. The maximum Gasteiger partial charge on any atom is 0.252 e. The van der Waals surface area contributed by atoms with Gasteiger partial charge in [0.25, 0.3) is 6.71 Å². The molecule has 0 N–H and O–H groups in total. The van der Waals surface area contributed by atoms with E-state index in [-0.39, 0.29) is 45.8 Å². The molecular formula is C118H99BN6. The summed E-state index contributed by atoms with van der Waals surface area (Å²) in [5, 5.41) is 5.87. The second-order valence-corrected chi connectivity index (χ2v) is 38.4. The molecule has 0 fully saturated rings. The Labute approximate surface area is 739 Å². The summed E-state index contributed by atoms with van der Waals surface area (Å²) in [5.41, 5.74) is 32.8. The molecule has 0 radical (unpaired) electrons. The fourth-order valence-electron chi connectivity index (χ4n) is 19.8. The number of benzene rings is 17. The molecule has 7 heteroatoms. The van der Waals surface area contributed by atoms with Gasteiger partial charge in [0, 0.05) is 94.9 Å². The highest BCUT2D eigenvalue weighted by Crippen LogP contribution is 2.52. The van der Waals surface area contributed by atoms with Crippen molar-refractivity contribution in [3.05, 3.63) is 404 Å². The van der Waals surface area contributed by atoms with Crippen LogP contribution in [0.15, 0.2) is 382 Å². The monoisotopic (exact) mass is 1610 g/mol. The summed E-state index contributed by atoms with van der Waals surface area (Å²) in [7, 11) is 0. The minimum Gasteiger partial charge on any atom is -0.311 e. The van der Waals surface area contributed by atoms with Crippen LogP contribution < -0.4 is 31.1 Å². The van der Waals surface area contributed by atoms with Crippen LogP contribution in [0.25, 0.3) is 127 Å². The van der Waals surface area contributed by atoms with E-state index in [2.05, 4.69) is 457 Å². The fraction of sp³-hybridized carbons (Fsp3) is 0.136. The summed E-state index contributed by atoms with van der Waals surface area (Å²) >= 11 is 0. The molecule has 6 nitrogen and oxygen atoms in total. The van der Waals surface area contributed by atoms with Crippen LogP contribution in [-0.4, -0.2) is 20.4 Å². The molecule has 0 bridgehead atoms. The van der Waals surface area contributed by atoms with Crippen LogP contribution in [0.3, 0.4) is 0 Å². The van der Waals surface area contributed by atoms with Gasteiger partial charge in [-0.15, -0.1) is 0 Å². The minimum atomic E-state index is -0.440. The lowest BCUT2D eigenvalue weighted by Crippen LogP contribution is -2.61. The molecule has 0 saturated heterocycles. The molecule has 20 aromatic rings. The lowest BCUT2D eigenvalue weighted by atomic mass is 9.33. The molecule has 125 heavy (non-hydrogen) atoms. The Kier molecular flexibility index (Phi) is 16.8. The zero-order chi connectivity index (χ0) is 88.6. The smallest absolute Gasteiger partial charge is 0.252 e. The Morgan fingerprint density at radius 1 is 0.232 bits per heavy atom. The van der Waals surface area contributed by atoms with Gasteiger partial charge in [0.1, 0.15) is 0 Å². The molecular weight excluding hydrogens is 1510 g/mol. The third-order valence-electron chi connectivity index (χ3n) is 26.2. The summed E-state index contributed by atoms with van der Waals surface area (Å²) in [5.74, 6) is 0. The van der Waals surface area contributed by atoms with Crippen LogP contribution in [0.5, 0.6) is 0 Å². The van der Waals surface area contributed by atoms with Gasteiger partial charge in [-0.2, -0.15) is 0 Å². The Morgan fingerprint density at radius 3 is 0.880 bits per heavy atom. The van der Waals surface area contributed by atoms with Gasteiger partial charge < -0.3 is 28.4 Å². The number of hydrogen-bond acceptors (Lipinski definition) is 3. The second kappa shape index (κ2) is 29.1. The van der Waals surface area contributed by atoms with Crippen molar-refractivity contribution in [1.29, 1.82) is 0 Å². The lowest BCUT2D eigenvalue weighted by molar-refractivity contribution is 0.590. The van der Waals surface area contributed by atoms with E-state index in [9.17, 15) is 5.48 Å². The number of aromatic nitrogens is 3. The summed E-state index contributed by atoms with van der Waals surface area (Å²) in [4.78, 5) is 7.31. The highest BCUT2D eigenvalue weighted by molar-refractivity contribution is 7.00. The van der Waals surface area contributed by atoms with Crippen molar-refractivity contribution in [3.8, 4) is 61.6 Å². The molecule has 0 aliphatic carbocycles. The first-order valence-corrected chi connectivity index (χ1v) is 43.9. The van der Waals surface area contributed by atoms with Gasteiger partial charge in [-0.25, -0.2) is 0 Å². The Balaban J connectivity index is 0.917. The zero-order valence-electron chi connectivity index (χ0n) is 76.8. The summed E-state index contributed by atoms with van der Waals surface area (Å²) in [6.45, 7) is 27.2. The van der Waals surface area contributed by atoms with Crippen LogP contribution in [0, 0.1) is 0 Å². The Morgan fingerprint density at radius 2 is 0.536 bits per heavy atom. The van der Waals surface area contributed by atoms with Crippen molar-refractivity contribution in [3.63, 3.8) is 0 Å². The van der Waals surface area contributed by atoms with Gasteiger partial charge in [-0.05, 0) is 275 Å². The molecule has 2 aliphatic heterocycles. The maximum atomic E-state index is 10.6. The average molecular weight is 1620 g/mol. The average Bonchev–Trinajstić information content (AvgIpc) is 1.47. The van der Waals surface area contributed by atoms with Crippen LogP contribution in [-0.2, 0) is 21.7 Å². The third-order valence-corrected chi connectivity index (χ3v) is 26.2. The van der Waals surface area contributed by atoms with E-state index in [1.165, 1.54) is 43.8 Å². The lowest BCUT2D eigenvalue weighted by Gasteiger charge is -2.45. The van der Waals surface area contributed by atoms with E-state index in [1.54, 1.807) is 0 Å². The predicted octanol–water partition coefficient (Wildman–Crippen LogP) is 30.4. The molecule has 0 saturated carbocycles. The third kappa shape index (κ3) is 13.1. The molecule has 0 atom stereocenters. The highest BCUT2D eigenvalue weighted by atomic mass is 15.2.